The number of pyridine rings is 1. The molecule has 0 radical (unpaired) electrons. The molecule has 9 heteroatoms. The molecule has 1 aromatic heterocycles. The topological polar surface area (TPSA) is 45.7 Å². The van der Waals surface area contributed by atoms with Crippen molar-refractivity contribution < 1.29 is 22.7 Å². The van der Waals surface area contributed by atoms with E-state index in [4.69, 9.17) is 4.74 Å². The Morgan fingerprint density at radius 3 is 2.48 bits per heavy atom. The highest BCUT2D eigenvalue weighted by molar-refractivity contribution is 9.10. The molecule has 1 amide bonds. The molecule has 1 fully saturated rings. The lowest BCUT2D eigenvalue weighted by Crippen LogP contribution is -2.55. The lowest BCUT2D eigenvalue weighted by molar-refractivity contribution is -0.137. The number of piperazine rings is 1. The Labute approximate surface area is 153 Å². The number of alkyl halides is 3. The lowest BCUT2D eigenvalue weighted by atomic mass is 10.1. The highest BCUT2D eigenvalue weighted by Crippen LogP contribution is 2.37. The highest BCUT2D eigenvalue weighted by Gasteiger charge is 2.38. The molecule has 1 atom stereocenters. The molecule has 1 aromatic rings. The first kappa shape index (κ1) is 19.8. The van der Waals surface area contributed by atoms with E-state index in [-0.39, 0.29) is 36.0 Å². The second-order valence-corrected chi connectivity index (χ2v) is 7.91. The summed E-state index contributed by atoms with van der Waals surface area (Å²) in [6.45, 7) is 7.86. The molecule has 1 saturated heterocycles. The monoisotopic (exact) mass is 423 g/mol. The molecule has 0 aliphatic carbocycles. The maximum absolute atomic E-state index is 13.3. The van der Waals surface area contributed by atoms with Crippen molar-refractivity contribution in [2.45, 2.75) is 45.5 Å². The van der Waals surface area contributed by atoms with Gasteiger partial charge in [0.25, 0.3) is 0 Å². The molecule has 5 nitrogen and oxygen atoms in total. The minimum atomic E-state index is -4.50. The SMILES string of the molecule is CC1CN(c2ncc(Br)cc2C(F)(F)F)CCN1C(=O)OC(C)(C)C. The Bertz CT molecular complexity index is 646. The number of hydrogen-bond acceptors (Lipinski definition) is 4. The number of hydrogen-bond donors (Lipinski definition) is 0. The molecule has 1 unspecified atom stereocenters. The fraction of sp³-hybridized carbons (Fsp3) is 0.625. The number of amides is 1. The van der Waals surface area contributed by atoms with Crippen LogP contribution in [0.1, 0.15) is 33.3 Å². The van der Waals surface area contributed by atoms with Gasteiger partial charge in [0.1, 0.15) is 11.4 Å². The Hall–Kier alpha value is -1.51. The van der Waals surface area contributed by atoms with Crippen molar-refractivity contribution in [3.63, 3.8) is 0 Å². The van der Waals surface area contributed by atoms with Crippen LogP contribution in [-0.2, 0) is 10.9 Å². The second kappa shape index (κ2) is 7.01. The van der Waals surface area contributed by atoms with Crippen LogP contribution in [0.4, 0.5) is 23.8 Å². The Balaban J connectivity index is 2.18. The van der Waals surface area contributed by atoms with Crippen LogP contribution in [-0.4, -0.2) is 47.3 Å². The van der Waals surface area contributed by atoms with Gasteiger partial charge in [0, 0.05) is 36.3 Å². The second-order valence-electron chi connectivity index (χ2n) is 6.99. The van der Waals surface area contributed by atoms with Gasteiger partial charge in [-0.25, -0.2) is 9.78 Å². The van der Waals surface area contributed by atoms with E-state index in [2.05, 4.69) is 20.9 Å². The molecule has 0 N–H and O–H groups in total. The van der Waals surface area contributed by atoms with Gasteiger partial charge in [-0.3, -0.25) is 0 Å². The summed E-state index contributed by atoms with van der Waals surface area (Å²) in [5.74, 6) is -0.119. The van der Waals surface area contributed by atoms with Crippen molar-refractivity contribution in [3.8, 4) is 0 Å². The summed E-state index contributed by atoms with van der Waals surface area (Å²) in [6, 6.07) is 0.725. The highest BCUT2D eigenvalue weighted by atomic mass is 79.9. The largest absolute Gasteiger partial charge is 0.444 e. The van der Waals surface area contributed by atoms with E-state index in [1.54, 1.807) is 32.6 Å². The Morgan fingerprint density at radius 1 is 1.32 bits per heavy atom. The fourth-order valence-electron chi connectivity index (χ4n) is 2.63. The summed E-state index contributed by atoms with van der Waals surface area (Å²) < 4.78 is 45.5. The molecule has 0 bridgehead atoms. The predicted octanol–water partition coefficient (Wildman–Crippen LogP) is 4.31. The van der Waals surface area contributed by atoms with Gasteiger partial charge in [-0.1, -0.05) is 0 Å². The number of carbonyl (C=O) groups is 1. The summed E-state index contributed by atoms with van der Waals surface area (Å²) >= 11 is 3.03. The average molecular weight is 424 g/mol. The third kappa shape index (κ3) is 4.99. The lowest BCUT2D eigenvalue weighted by Gasteiger charge is -2.41. The molecule has 0 saturated carbocycles. The fourth-order valence-corrected chi connectivity index (χ4v) is 2.97. The zero-order chi connectivity index (χ0) is 19.0. The molecule has 1 aliphatic heterocycles. The number of halogens is 4. The number of nitrogens with zero attached hydrogens (tertiary/aromatic N) is 3. The number of carbonyl (C=O) groups excluding carboxylic acids is 1. The molecular weight excluding hydrogens is 403 g/mol. The van der Waals surface area contributed by atoms with Crippen molar-refractivity contribution in [1.82, 2.24) is 9.88 Å². The van der Waals surface area contributed by atoms with E-state index in [0.717, 1.165) is 6.07 Å². The summed E-state index contributed by atoms with van der Waals surface area (Å²) in [6.07, 6.45) is -3.62. The van der Waals surface area contributed by atoms with E-state index in [1.165, 1.54) is 11.1 Å². The van der Waals surface area contributed by atoms with E-state index in [0.29, 0.717) is 0 Å². The van der Waals surface area contributed by atoms with Gasteiger partial charge in [0.2, 0.25) is 0 Å². The summed E-state index contributed by atoms with van der Waals surface area (Å²) in [4.78, 5) is 19.3. The van der Waals surface area contributed by atoms with E-state index in [1.807, 2.05) is 0 Å². The summed E-state index contributed by atoms with van der Waals surface area (Å²) in [5.41, 5.74) is -1.41. The number of rotatable bonds is 1. The van der Waals surface area contributed by atoms with Crippen LogP contribution in [0.25, 0.3) is 0 Å². The molecule has 2 rings (SSSR count). The zero-order valence-corrected chi connectivity index (χ0v) is 16.1. The Kier molecular flexibility index (Phi) is 5.56. The maximum atomic E-state index is 13.3. The summed E-state index contributed by atoms with van der Waals surface area (Å²) in [7, 11) is 0. The van der Waals surface area contributed by atoms with Crippen LogP contribution in [0, 0.1) is 0 Å². The van der Waals surface area contributed by atoms with Gasteiger partial charge in [-0.15, -0.1) is 0 Å². The third-order valence-corrected chi connectivity index (χ3v) is 4.13. The van der Waals surface area contributed by atoms with Crippen LogP contribution in [0.3, 0.4) is 0 Å². The molecule has 0 spiro atoms. The number of anilines is 1. The summed E-state index contributed by atoms with van der Waals surface area (Å²) in [5, 5.41) is 0. The van der Waals surface area contributed by atoms with Gasteiger partial charge in [0.15, 0.2) is 0 Å². The van der Waals surface area contributed by atoms with E-state index >= 15 is 0 Å². The number of aromatic nitrogens is 1. The van der Waals surface area contributed by atoms with Gasteiger partial charge in [0.05, 0.1) is 5.56 Å². The van der Waals surface area contributed by atoms with Crippen LogP contribution >= 0.6 is 15.9 Å². The minimum absolute atomic E-state index is 0.119. The van der Waals surface area contributed by atoms with E-state index < -0.39 is 23.4 Å². The average Bonchev–Trinajstić information content (AvgIpc) is 2.44. The van der Waals surface area contributed by atoms with Crippen LogP contribution in [0.15, 0.2) is 16.7 Å². The van der Waals surface area contributed by atoms with E-state index in [9.17, 15) is 18.0 Å². The maximum Gasteiger partial charge on any atom is 0.419 e. The van der Waals surface area contributed by atoms with Crippen molar-refractivity contribution in [1.29, 1.82) is 0 Å². The number of ether oxygens (including phenoxy) is 1. The Morgan fingerprint density at radius 2 is 1.96 bits per heavy atom. The van der Waals surface area contributed by atoms with Gasteiger partial charge in [-0.05, 0) is 49.7 Å². The zero-order valence-electron chi connectivity index (χ0n) is 14.5. The van der Waals surface area contributed by atoms with Gasteiger partial charge < -0.3 is 14.5 Å². The van der Waals surface area contributed by atoms with Gasteiger partial charge in [-0.2, -0.15) is 13.2 Å². The third-order valence-electron chi connectivity index (χ3n) is 3.69. The first-order valence-electron chi connectivity index (χ1n) is 7.86. The molecule has 25 heavy (non-hydrogen) atoms. The first-order chi connectivity index (χ1) is 11.4. The normalized spacial score (nSPS) is 19.1. The van der Waals surface area contributed by atoms with Crippen LogP contribution in [0.5, 0.6) is 0 Å². The molecule has 0 aromatic carbocycles. The van der Waals surface area contributed by atoms with Gasteiger partial charge >= 0.3 is 12.3 Å². The van der Waals surface area contributed by atoms with Crippen molar-refractivity contribution in [2.24, 2.45) is 0 Å². The van der Waals surface area contributed by atoms with Crippen molar-refractivity contribution in [2.75, 3.05) is 24.5 Å². The van der Waals surface area contributed by atoms with Crippen molar-refractivity contribution in [3.05, 3.63) is 22.3 Å². The van der Waals surface area contributed by atoms with Crippen LogP contribution < -0.4 is 4.90 Å². The molecule has 1 aliphatic rings. The quantitative estimate of drug-likeness (QED) is 0.674. The smallest absolute Gasteiger partial charge is 0.419 e. The van der Waals surface area contributed by atoms with Crippen molar-refractivity contribution >= 4 is 27.8 Å². The standard InChI is InChI=1S/C16H21BrF3N3O2/c1-10-9-22(5-6-23(10)14(24)25-15(2,3)4)13-12(16(18,19)20)7-11(17)8-21-13/h7-8,10H,5-6,9H2,1-4H3. The predicted molar refractivity (Wildman–Crippen MR) is 91.6 cm³/mol. The minimum Gasteiger partial charge on any atom is -0.444 e. The molecular formula is C16H21BrF3N3O2. The first-order valence-corrected chi connectivity index (χ1v) is 8.65. The molecule has 140 valence electrons. The van der Waals surface area contributed by atoms with Crippen LogP contribution in [0.2, 0.25) is 0 Å². The molecule has 2 heterocycles.